The van der Waals surface area contributed by atoms with E-state index in [1.807, 2.05) is 0 Å². The number of carbonyl (C=O) groups is 3. The minimum Gasteiger partial charge on any atom is -1.00 e. The summed E-state index contributed by atoms with van der Waals surface area (Å²) in [6.07, 6.45) is 9.14. The maximum absolute atomic E-state index is 13.3. The number of amides is 2. The van der Waals surface area contributed by atoms with Crippen LogP contribution < -0.4 is 142 Å². The van der Waals surface area contributed by atoms with Crippen molar-refractivity contribution in [2.75, 3.05) is 29.4 Å². The first-order valence-electron chi connectivity index (χ1n) is 28.3. The Kier molecular flexibility index (Phi) is 28.4. The zero-order valence-electron chi connectivity index (χ0n) is 53.6. The van der Waals surface area contributed by atoms with Crippen molar-refractivity contribution in [1.82, 2.24) is 44.3 Å². The number of aromatic nitrogens is 6. The number of benzene rings is 2. The molecule has 2 amide bonds. The van der Waals surface area contributed by atoms with Crippen LogP contribution in [0.15, 0.2) is 119 Å². The van der Waals surface area contributed by atoms with Crippen molar-refractivity contribution in [3.8, 4) is 23.4 Å². The first-order valence-corrected chi connectivity index (χ1v) is 31.3. The second kappa shape index (κ2) is 32.4. The van der Waals surface area contributed by atoms with Crippen molar-refractivity contribution in [1.29, 1.82) is 0 Å². The summed E-state index contributed by atoms with van der Waals surface area (Å²) in [5.74, 6) is 4.21. The number of anilines is 2. The average Bonchev–Trinajstić information content (AvgIpc) is 1.93. The van der Waals surface area contributed by atoms with Crippen molar-refractivity contribution in [3.05, 3.63) is 121 Å². The standard InChI is InChI=1S/2C26H31N5O4S.C7H15N.CH2O3.2K.2H2S.H/c2*1-17-15-26(3,4)30(16-17)24-20(25(32)29-36(33,34)19-8-6-5-7-9-19)10-11-22(27-24)31-13-12-23(28-31)35-21-14-18(21)2;1-6-4-7(2,3)8-5-6;2-1-4-3;;;;;/h2*5-13,17-18,21H,14-16H2,1-4H3,(H,29,32);6,8H,4-5H2,1-3H3;1,3H;;;2*1H2;/q;;;;2*+1;;;-1/p-1/t17-,18+,21-;17-,18-,21+;6-;;;;;;/m000....../s1. The predicted octanol–water partition coefficient (Wildman–Crippen LogP) is 1.77. The van der Waals surface area contributed by atoms with Gasteiger partial charge in [-0.05, 0) is 158 Å². The van der Waals surface area contributed by atoms with Gasteiger partial charge in [0.1, 0.15) is 23.8 Å². The first-order chi connectivity index (χ1) is 39.6. The molecule has 3 N–H and O–H groups in total. The summed E-state index contributed by atoms with van der Waals surface area (Å²) in [4.78, 5) is 51.7. The van der Waals surface area contributed by atoms with Crippen LogP contribution in [0, 0.1) is 29.6 Å². The van der Waals surface area contributed by atoms with Gasteiger partial charge in [-0.1, -0.05) is 71.0 Å². The Hall–Kier alpha value is -3.44. The van der Waals surface area contributed by atoms with Crippen molar-refractivity contribution in [2.45, 2.75) is 147 Å². The molecular formula is C60H83K2N11O11S4. The molecule has 7 atom stereocenters. The number of hydrogen-bond donors (Lipinski definition) is 3. The summed E-state index contributed by atoms with van der Waals surface area (Å²) >= 11 is 0. The summed E-state index contributed by atoms with van der Waals surface area (Å²) in [7, 11) is -8.07. The third-order valence-electron chi connectivity index (χ3n) is 15.5. The molecule has 3 saturated heterocycles. The van der Waals surface area contributed by atoms with E-state index in [0.717, 1.165) is 31.6 Å². The molecule has 11 rings (SSSR count). The molecule has 3 aliphatic heterocycles. The fourth-order valence-electron chi connectivity index (χ4n) is 11.2. The van der Waals surface area contributed by atoms with E-state index in [9.17, 15) is 26.4 Å². The zero-order chi connectivity index (χ0) is 60.9. The fourth-order valence-corrected chi connectivity index (χ4v) is 13.1. The van der Waals surface area contributed by atoms with Crippen LogP contribution in [0.5, 0.6) is 11.8 Å². The topological polar surface area (TPSA) is 274 Å². The van der Waals surface area contributed by atoms with Gasteiger partial charge in [0.25, 0.3) is 38.3 Å². The maximum Gasteiger partial charge on any atom is 1.00 e. The Morgan fingerprint density at radius 2 is 0.966 bits per heavy atom. The van der Waals surface area contributed by atoms with E-state index < -0.39 is 31.9 Å². The molecule has 0 radical (unpaired) electrons. The molecule has 6 aromatic rings. The minimum absolute atomic E-state index is 0. The molecule has 470 valence electrons. The third-order valence-corrected chi connectivity index (χ3v) is 18.2. The summed E-state index contributed by atoms with van der Waals surface area (Å²) in [5, 5.41) is 20.9. The number of ether oxygens (including phenoxy) is 2. The van der Waals surface area contributed by atoms with Gasteiger partial charge >= 0.3 is 103 Å². The molecule has 88 heavy (non-hydrogen) atoms. The van der Waals surface area contributed by atoms with Gasteiger partial charge < -0.3 is 36.2 Å². The number of sulfonamides is 2. The fraction of sp³-hybridized carbons (Fsp3) is 0.483. The van der Waals surface area contributed by atoms with Gasteiger partial charge in [0, 0.05) is 54.2 Å². The molecule has 0 unspecified atom stereocenters. The molecule has 5 aliphatic rings. The van der Waals surface area contributed by atoms with E-state index in [-0.39, 0.29) is 182 Å². The van der Waals surface area contributed by atoms with Crippen LogP contribution in [0.3, 0.4) is 0 Å². The van der Waals surface area contributed by atoms with Crippen LogP contribution in [0.1, 0.15) is 130 Å². The largest absolute Gasteiger partial charge is 1.00 e. The van der Waals surface area contributed by atoms with Crippen LogP contribution in [0.4, 0.5) is 11.6 Å². The SMILES string of the molecule is C[C@@H]1CN(c2nc(-n3ccc(O[C@@H]4C[C@@H]4C)n3)ccc2C(=O)NS(=O)(=O)c2ccccc2)C(C)(C)C1.C[C@@H]1CN(c2nc(-n3ccc(O[C@H]4C[C@H]4C)n3)ccc2C(=O)NS(=O)(=O)c2ccccc2)C(C)(C)C1.C[C@@H]1CNC(C)(C)C1.O=CO[O-].S.S.[H-].[K+].[K+]. The molecule has 2 aromatic carbocycles. The van der Waals surface area contributed by atoms with E-state index >= 15 is 0 Å². The second-order valence-corrected chi connectivity index (χ2v) is 28.1. The first kappa shape index (κ1) is 77.0. The monoisotopic (exact) mass is 1340 g/mol. The van der Waals surface area contributed by atoms with Crippen molar-refractivity contribution in [3.63, 3.8) is 0 Å². The molecule has 0 bridgehead atoms. The van der Waals surface area contributed by atoms with Gasteiger partial charge in [0.05, 0.1) is 20.9 Å². The number of nitrogens with zero attached hydrogens (tertiary/aromatic N) is 8. The predicted molar refractivity (Wildman–Crippen MR) is 337 cm³/mol. The number of pyridine rings is 2. The quantitative estimate of drug-likeness (QED) is 0.0572. The molecule has 5 fully saturated rings. The van der Waals surface area contributed by atoms with Crippen LogP contribution >= 0.6 is 27.0 Å². The molecule has 7 heterocycles. The van der Waals surface area contributed by atoms with E-state index in [1.54, 1.807) is 94.6 Å². The van der Waals surface area contributed by atoms with Gasteiger partial charge in [-0.2, -0.15) is 27.0 Å². The smallest absolute Gasteiger partial charge is 1.00 e. The summed E-state index contributed by atoms with van der Waals surface area (Å²) in [6, 6.07) is 25.8. The van der Waals surface area contributed by atoms with E-state index in [2.05, 4.69) is 116 Å². The number of hydrogen-bond acceptors (Lipinski definition) is 18. The Labute approximate surface area is 618 Å². The molecule has 2 saturated carbocycles. The number of rotatable bonds is 15. The molecule has 28 heteroatoms. The normalized spacial score (nSPS) is 22.2. The van der Waals surface area contributed by atoms with Crippen LogP contribution in [0.2, 0.25) is 0 Å². The Morgan fingerprint density at radius 1 is 0.602 bits per heavy atom. The second-order valence-electron chi connectivity index (χ2n) is 24.7. The third kappa shape index (κ3) is 20.3. The van der Waals surface area contributed by atoms with Gasteiger partial charge in [0.2, 0.25) is 11.8 Å². The van der Waals surface area contributed by atoms with Crippen LogP contribution in [-0.2, 0) is 29.7 Å². The Morgan fingerprint density at radius 3 is 1.24 bits per heavy atom. The van der Waals surface area contributed by atoms with Crippen molar-refractivity contribution in [2.24, 2.45) is 29.6 Å². The van der Waals surface area contributed by atoms with Gasteiger partial charge in [-0.3, -0.25) is 14.4 Å². The van der Waals surface area contributed by atoms with E-state index in [0.29, 0.717) is 77.3 Å². The van der Waals surface area contributed by atoms with Gasteiger partial charge in [0.15, 0.2) is 11.6 Å². The number of nitrogens with one attached hydrogen (secondary N) is 3. The van der Waals surface area contributed by atoms with Crippen molar-refractivity contribution < 1.29 is 155 Å². The van der Waals surface area contributed by atoms with E-state index in [4.69, 9.17) is 29.5 Å². The molecule has 22 nitrogen and oxygen atoms in total. The Balaban J connectivity index is 0.000000374. The van der Waals surface area contributed by atoms with Gasteiger partial charge in [-0.15, -0.1) is 10.2 Å². The van der Waals surface area contributed by atoms with Crippen molar-refractivity contribution >= 4 is 77.0 Å². The van der Waals surface area contributed by atoms with E-state index in [1.165, 1.54) is 37.2 Å². The van der Waals surface area contributed by atoms with Gasteiger partial charge in [-0.25, -0.2) is 45.6 Å². The minimum atomic E-state index is -4.04. The van der Waals surface area contributed by atoms with Crippen LogP contribution in [0.25, 0.3) is 11.6 Å². The maximum atomic E-state index is 13.3. The summed E-state index contributed by atoms with van der Waals surface area (Å²) < 4.78 is 70.8. The average molecular weight is 1340 g/mol. The zero-order valence-corrected chi connectivity index (χ0v) is 62.4. The molecule has 2 aliphatic carbocycles. The number of carbonyl (C=O) groups excluding carboxylic acids is 3. The molecule has 4 aromatic heterocycles. The summed E-state index contributed by atoms with van der Waals surface area (Å²) in [6.45, 7) is 26.2. The Bertz CT molecular complexity index is 3320. The molecular weight excluding hydrogens is 1260 g/mol. The summed E-state index contributed by atoms with van der Waals surface area (Å²) in [5.41, 5.74) is 0.267. The molecule has 0 spiro atoms. The van der Waals surface area contributed by atoms with Crippen LogP contribution in [-0.4, -0.2) is 113 Å².